The third kappa shape index (κ3) is 4.44. The Morgan fingerprint density at radius 3 is 2.26 bits per heavy atom. The van der Waals surface area contributed by atoms with Gasteiger partial charge in [0.1, 0.15) is 0 Å². The topological polar surface area (TPSA) is 20.2 Å². The van der Waals surface area contributed by atoms with E-state index in [9.17, 15) is 5.11 Å². The molecule has 1 nitrogen and oxygen atoms in total. The van der Waals surface area contributed by atoms with Crippen molar-refractivity contribution in [1.82, 2.24) is 0 Å². The minimum Gasteiger partial charge on any atom is -0.389 e. The highest BCUT2D eigenvalue weighted by Crippen LogP contribution is 2.25. The number of aliphatic hydroxyl groups is 1. The van der Waals surface area contributed by atoms with Gasteiger partial charge in [0.15, 0.2) is 0 Å². The summed E-state index contributed by atoms with van der Waals surface area (Å²) < 4.78 is 1.07. The standard InChI is InChI=1S/C16H19BrOS/c1-3-14-8-9-15(19-14)11-16(2,18)10-12-4-6-13(17)7-5-12/h4-9,18H,3,10-11H2,1-2H3. The maximum Gasteiger partial charge on any atom is 0.0707 e. The smallest absolute Gasteiger partial charge is 0.0707 e. The highest BCUT2D eigenvalue weighted by molar-refractivity contribution is 9.10. The molecule has 0 fully saturated rings. The van der Waals surface area contributed by atoms with Gasteiger partial charge in [0.25, 0.3) is 0 Å². The SMILES string of the molecule is CCc1ccc(CC(C)(O)Cc2ccc(Br)cc2)s1. The molecule has 0 radical (unpaired) electrons. The maximum atomic E-state index is 10.6. The molecule has 0 spiro atoms. The van der Waals surface area contributed by atoms with E-state index in [1.54, 1.807) is 11.3 Å². The third-order valence-corrected chi connectivity index (χ3v) is 4.88. The molecule has 0 bridgehead atoms. The molecule has 2 rings (SSSR count). The van der Waals surface area contributed by atoms with E-state index >= 15 is 0 Å². The van der Waals surface area contributed by atoms with Gasteiger partial charge in [-0.1, -0.05) is 35.0 Å². The van der Waals surface area contributed by atoms with Crippen LogP contribution in [0.4, 0.5) is 0 Å². The second-order valence-corrected chi connectivity index (χ2v) is 7.37. The lowest BCUT2D eigenvalue weighted by Crippen LogP contribution is -2.29. The second kappa shape index (κ2) is 6.21. The van der Waals surface area contributed by atoms with Crippen molar-refractivity contribution in [3.05, 3.63) is 56.2 Å². The van der Waals surface area contributed by atoms with E-state index in [0.29, 0.717) is 12.8 Å². The van der Waals surface area contributed by atoms with Crippen LogP contribution in [0.2, 0.25) is 0 Å². The van der Waals surface area contributed by atoms with Crippen molar-refractivity contribution < 1.29 is 5.11 Å². The van der Waals surface area contributed by atoms with Gasteiger partial charge in [0, 0.05) is 27.1 Å². The van der Waals surface area contributed by atoms with Crippen molar-refractivity contribution in [2.75, 3.05) is 0 Å². The van der Waals surface area contributed by atoms with Gasteiger partial charge in [0.05, 0.1) is 5.60 Å². The molecule has 19 heavy (non-hydrogen) atoms. The van der Waals surface area contributed by atoms with Crippen LogP contribution >= 0.6 is 27.3 Å². The van der Waals surface area contributed by atoms with E-state index in [0.717, 1.165) is 10.9 Å². The molecule has 0 saturated carbocycles. The van der Waals surface area contributed by atoms with Crippen LogP contribution in [-0.2, 0) is 19.3 Å². The molecule has 102 valence electrons. The molecule has 0 saturated heterocycles. The normalized spacial score (nSPS) is 14.3. The zero-order valence-electron chi connectivity index (χ0n) is 11.3. The molecule has 0 aliphatic carbocycles. The molecule has 1 aromatic heterocycles. The van der Waals surface area contributed by atoms with Crippen LogP contribution in [0.3, 0.4) is 0 Å². The van der Waals surface area contributed by atoms with E-state index in [1.807, 2.05) is 19.1 Å². The summed E-state index contributed by atoms with van der Waals surface area (Å²) in [5, 5.41) is 10.6. The van der Waals surface area contributed by atoms with Gasteiger partial charge in [-0.2, -0.15) is 0 Å². The Balaban J connectivity index is 2.03. The molecular formula is C16H19BrOS. The largest absolute Gasteiger partial charge is 0.389 e. The molecule has 3 heteroatoms. The summed E-state index contributed by atoms with van der Waals surface area (Å²) in [4.78, 5) is 2.65. The van der Waals surface area contributed by atoms with Crippen molar-refractivity contribution in [3.8, 4) is 0 Å². The van der Waals surface area contributed by atoms with Crippen molar-refractivity contribution in [1.29, 1.82) is 0 Å². The third-order valence-electron chi connectivity index (χ3n) is 3.12. The number of halogens is 1. The van der Waals surface area contributed by atoms with Crippen molar-refractivity contribution >= 4 is 27.3 Å². The molecule has 1 aromatic carbocycles. The van der Waals surface area contributed by atoms with Gasteiger partial charge in [0.2, 0.25) is 0 Å². The lowest BCUT2D eigenvalue weighted by atomic mass is 9.93. The van der Waals surface area contributed by atoms with Crippen molar-refractivity contribution in [2.45, 2.75) is 38.7 Å². The zero-order chi connectivity index (χ0) is 13.9. The summed E-state index contributed by atoms with van der Waals surface area (Å²) in [7, 11) is 0. The molecule has 1 atom stereocenters. The van der Waals surface area contributed by atoms with Gasteiger partial charge >= 0.3 is 0 Å². The fourth-order valence-electron chi connectivity index (χ4n) is 2.19. The molecule has 1 unspecified atom stereocenters. The number of rotatable bonds is 5. The molecular weight excluding hydrogens is 320 g/mol. The lowest BCUT2D eigenvalue weighted by molar-refractivity contribution is 0.0616. The minimum atomic E-state index is -0.691. The molecule has 1 heterocycles. The summed E-state index contributed by atoms with van der Waals surface area (Å²) in [6.07, 6.45) is 2.47. The predicted molar refractivity (Wildman–Crippen MR) is 85.9 cm³/mol. The van der Waals surface area contributed by atoms with Gasteiger partial charge in [-0.3, -0.25) is 0 Å². The first-order chi connectivity index (χ1) is 8.98. The van der Waals surface area contributed by atoms with Crippen LogP contribution in [0.5, 0.6) is 0 Å². The van der Waals surface area contributed by atoms with E-state index < -0.39 is 5.60 Å². The fourth-order valence-corrected chi connectivity index (χ4v) is 3.59. The molecule has 0 amide bonds. The summed E-state index contributed by atoms with van der Waals surface area (Å²) in [6, 6.07) is 12.5. The van der Waals surface area contributed by atoms with E-state index in [1.165, 1.54) is 15.3 Å². The Kier molecular flexibility index (Phi) is 4.82. The number of benzene rings is 1. The number of aryl methyl sites for hydroxylation is 1. The highest BCUT2D eigenvalue weighted by Gasteiger charge is 2.22. The second-order valence-electron chi connectivity index (χ2n) is 5.20. The summed E-state index contributed by atoms with van der Waals surface area (Å²) in [5.41, 5.74) is 0.476. The van der Waals surface area contributed by atoms with Crippen LogP contribution in [0, 0.1) is 0 Å². The number of hydrogen-bond donors (Lipinski definition) is 1. The van der Waals surface area contributed by atoms with Crippen LogP contribution in [-0.4, -0.2) is 10.7 Å². The predicted octanol–water partition coefficient (Wildman–Crippen LogP) is 4.61. The molecule has 1 N–H and O–H groups in total. The van der Waals surface area contributed by atoms with E-state index in [-0.39, 0.29) is 0 Å². The van der Waals surface area contributed by atoms with Gasteiger partial charge in [-0.05, 0) is 43.2 Å². The van der Waals surface area contributed by atoms with Crippen molar-refractivity contribution in [2.24, 2.45) is 0 Å². The van der Waals surface area contributed by atoms with Crippen LogP contribution in [0.1, 0.15) is 29.2 Å². The number of thiophene rings is 1. The Morgan fingerprint density at radius 2 is 1.68 bits per heavy atom. The van der Waals surface area contributed by atoms with E-state index in [4.69, 9.17) is 0 Å². The van der Waals surface area contributed by atoms with Gasteiger partial charge in [-0.25, -0.2) is 0 Å². The van der Waals surface area contributed by atoms with Gasteiger partial charge in [-0.15, -0.1) is 11.3 Å². The van der Waals surface area contributed by atoms with Crippen LogP contribution in [0.25, 0.3) is 0 Å². The quantitative estimate of drug-likeness (QED) is 0.843. The molecule has 2 aromatic rings. The van der Waals surface area contributed by atoms with Gasteiger partial charge < -0.3 is 5.11 Å². The average molecular weight is 339 g/mol. The zero-order valence-corrected chi connectivity index (χ0v) is 13.7. The Labute approximate surface area is 127 Å². The summed E-state index contributed by atoms with van der Waals surface area (Å²) in [5.74, 6) is 0. The highest BCUT2D eigenvalue weighted by atomic mass is 79.9. The monoisotopic (exact) mass is 338 g/mol. The minimum absolute atomic E-state index is 0.680. The fraction of sp³-hybridized carbons (Fsp3) is 0.375. The van der Waals surface area contributed by atoms with E-state index in [2.05, 4.69) is 47.1 Å². The first kappa shape index (κ1) is 14.8. The summed E-state index contributed by atoms with van der Waals surface area (Å²) >= 11 is 5.23. The Hall–Kier alpha value is -0.640. The Bertz CT molecular complexity index is 528. The van der Waals surface area contributed by atoms with Crippen LogP contribution in [0.15, 0.2) is 40.9 Å². The average Bonchev–Trinajstić information content (AvgIpc) is 2.78. The molecule has 0 aliphatic rings. The lowest BCUT2D eigenvalue weighted by Gasteiger charge is -2.22. The Morgan fingerprint density at radius 1 is 1.05 bits per heavy atom. The first-order valence-corrected chi connectivity index (χ1v) is 8.14. The first-order valence-electron chi connectivity index (χ1n) is 6.53. The maximum absolute atomic E-state index is 10.6. The van der Waals surface area contributed by atoms with Crippen LogP contribution < -0.4 is 0 Å². The summed E-state index contributed by atoms with van der Waals surface area (Å²) in [6.45, 7) is 4.08. The van der Waals surface area contributed by atoms with Crippen molar-refractivity contribution in [3.63, 3.8) is 0 Å². The molecule has 0 aliphatic heterocycles. The number of hydrogen-bond acceptors (Lipinski definition) is 2.